The molecule has 1 rings (SSSR count). The number of primary amides is 1. The van der Waals surface area contributed by atoms with Crippen LogP contribution < -0.4 is 22.1 Å². The molecule has 0 spiro atoms. The van der Waals surface area contributed by atoms with E-state index in [-0.39, 0.29) is 11.8 Å². The highest BCUT2D eigenvalue weighted by molar-refractivity contribution is 5.95. The van der Waals surface area contributed by atoms with Crippen molar-refractivity contribution in [1.29, 1.82) is 0 Å². The van der Waals surface area contributed by atoms with Crippen molar-refractivity contribution >= 4 is 29.6 Å². The van der Waals surface area contributed by atoms with Crippen molar-refractivity contribution in [3.8, 4) is 0 Å². The number of hydrogen-bond donors (Lipinski definition) is 6. The predicted octanol–water partition coefficient (Wildman–Crippen LogP) is -2.34. The van der Waals surface area contributed by atoms with Crippen molar-refractivity contribution in [2.45, 2.75) is 76.7 Å². The maximum absolute atomic E-state index is 12.8. The summed E-state index contributed by atoms with van der Waals surface area (Å²) >= 11 is 0. The first-order chi connectivity index (χ1) is 14.3. The van der Waals surface area contributed by atoms with E-state index in [1.807, 2.05) is 13.8 Å². The van der Waals surface area contributed by atoms with Gasteiger partial charge < -0.3 is 37.2 Å². The summed E-state index contributed by atoms with van der Waals surface area (Å²) in [6, 6.07) is -4.72. The smallest absolute Gasteiger partial charge is 0.326 e. The Morgan fingerprint density at radius 3 is 2.23 bits per heavy atom. The minimum absolute atomic E-state index is 0.194. The fraction of sp³-hybridized carbons (Fsp3) is 0.737. The van der Waals surface area contributed by atoms with Crippen LogP contribution in [0.4, 0.5) is 0 Å². The summed E-state index contributed by atoms with van der Waals surface area (Å²) in [5, 5.41) is 23.5. The molecule has 1 aliphatic heterocycles. The van der Waals surface area contributed by atoms with Crippen LogP contribution in [0.1, 0.15) is 46.5 Å². The number of rotatable bonds is 11. The van der Waals surface area contributed by atoms with Gasteiger partial charge in [0.1, 0.15) is 18.1 Å². The highest BCUT2D eigenvalue weighted by Gasteiger charge is 2.39. The fourth-order valence-corrected chi connectivity index (χ4v) is 3.44. The van der Waals surface area contributed by atoms with Crippen LogP contribution in [-0.2, 0) is 24.0 Å². The Bertz CT molecular complexity index is 697. The molecule has 0 aliphatic carbocycles. The molecule has 12 heteroatoms. The number of aliphatic hydroxyl groups excluding tert-OH is 1. The maximum atomic E-state index is 12.8. The second kappa shape index (κ2) is 11.6. The molecule has 0 aromatic rings. The number of aliphatic hydroxyl groups is 1. The molecule has 5 atom stereocenters. The van der Waals surface area contributed by atoms with Crippen LogP contribution in [-0.4, -0.2) is 81.5 Å². The fourth-order valence-electron chi connectivity index (χ4n) is 3.44. The van der Waals surface area contributed by atoms with Gasteiger partial charge in [0.2, 0.25) is 23.6 Å². The average molecular weight is 444 g/mol. The van der Waals surface area contributed by atoms with Crippen molar-refractivity contribution < 1.29 is 34.2 Å². The number of carboxylic acids is 1. The van der Waals surface area contributed by atoms with E-state index >= 15 is 0 Å². The molecule has 0 aromatic carbocycles. The molecule has 1 aliphatic rings. The monoisotopic (exact) mass is 443 g/mol. The molecule has 0 saturated carbocycles. The van der Waals surface area contributed by atoms with Gasteiger partial charge >= 0.3 is 5.97 Å². The SMILES string of the molecule is CC(C)CC(N)C(=O)N1CCCC1C(=O)NC(C(=O)NC(CC(N)=O)C(=O)O)C(C)O. The van der Waals surface area contributed by atoms with E-state index < -0.39 is 60.4 Å². The zero-order chi connectivity index (χ0) is 23.9. The number of carboxylic acid groups (broad SMARTS) is 1. The van der Waals surface area contributed by atoms with Gasteiger partial charge in [-0.15, -0.1) is 0 Å². The topological polar surface area (TPSA) is 205 Å². The summed E-state index contributed by atoms with van der Waals surface area (Å²) in [5.74, 6) is -4.26. The third-order valence-electron chi connectivity index (χ3n) is 4.96. The Kier molecular flexibility index (Phi) is 9.85. The lowest BCUT2D eigenvalue weighted by molar-refractivity contribution is -0.145. The molecular formula is C19H33N5O7. The van der Waals surface area contributed by atoms with Gasteiger partial charge in [0, 0.05) is 6.54 Å². The van der Waals surface area contributed by atoms with E-state index in [0.29, 0.717) is 25.8 Å². The van der Waals surface area contributed by atoms with Crippen molar-refractivity contribution in [3.63, 3.8) is 0 Å². The normalized spacial score (nSPS) is 19.9. The highest BCUT2D eigenvalue weighted by Crippen LogP contribution is 2.20. The Hall–Kier alpha value is -2.73. The minimum atomic E-state index is -1.61. The van der Waals surface area contributed by atoms with E-state index in [0.717, 1.165) is 0 Å². The Morgan fingerprint density at radius 2 is 1.74 bits per heavy atom. The number of amides is 4. The summed E-state index contributed by atoms with van der Waals surface area (Å²) in [4.78, 5) is 61.5. The lowest BCUT2D eigenvalue weighted by Crippen LogP contribution is -2.59. The molecule has 5 unspecified atom stereocenters. The number of nitrogens with one attached hydrogen (secondary N) is 2. The molecule has 0 bridgehead atoms. The predicted molar refractivity (Wildman–Crippen MR) is 109 cm³/mol. The van der Waals surface area contributed by atoms with Gasteiger partial charge in [0.05, 0.1) is 18.6 Å². The summed E-state index contributed by atoms with van der Waals surface area (Å²) < 4.78 is 0. The number of nitrogens with zero attached hydrogens (tertiary/aromatic N) is 1. The first-order valence-electron chi connectivity index (χ1n) is 10.2. The average Bonchev–Trinajstić information content (AvgIpc) is 3.13. The van der Waals surface area contributed by atoms with Crippen LogP contribution in [0.2, 0.25) is 0 Å². The summed E-state index contributed by atoms with van der Waals surface area (Å²) in [6.45, 7) is 5.43. The van der Waals surface area contributed by atoms with E-state index in [4.69, 9.17) is 16.6 Å². The second-order valence-electron chi connectivity index (χ2n) is 8.22. The molecule has 8 N–H and O–H groups in total. The van der Waals surface area contributed by atoms with Crippen LogP contribution in [0.15, 0.2) is 0 Å². The molecule has 1 fully saturated rings. The maximum Gasteiger partial charge on any atom is 0.326 e. The van der Waals surface area contributed by atoms with Crippen molar-refractivity contribution in [2.75, 3.05) is 6.54 Å². The minimum Gasteiger partial charge on any atom is -0.480 e. The second-order valence-corrected chi connectivity index (χ2v) is 8.22. The van der Waals surface area contributed by atoms with Gasteiger partial charge in [0.25, 0.3) is 0 Å². The van der Waals surface area contributed by atoms with Crippen LogP contribution >= 0.6 is 0 Å². The van der Waals surface area contributed by atoms with Crippen molar-refractivity contribution in [2.24, 2.45) is 17.4 Å². The van der Waals surface area contributed by atoms with Gasteiger partial charge in [-0.1, -0.05) is 13.8 Å². The highest BCUT2D eigenvalue weighted by atomic mass is 16.4. The molecule has 0 radical (unpaired) electrons. The molecule has 0 aromatic heterocycles. The first-order valence-corrected chi connectivity index (χ1v) is 10.2. The van der Waals surface area contributed by atoms with E-state index in [2.05, 4.69) is 10.6 Å². The van der Waals surface area contributed by atoms with Crippen LogP contribution in [0.25, 0.3) is 0 Å². The third-order valence-corrected chi connectivity index (χ3v) is 4.96. The van der Waals surface area contributed by atoms with Gasteiger partial charge in [-0.3, -0.25) is 19.2 Å². The summed E-state index contributed by atoms with van der Waals surface area (Å²) in [7, 11) is 0. The number of carbonyl (C=O) groups is 5. The number of carbonyl (C=O) groups excluding carboxylic acids is 4. The quantitative estimate of drug-likeness (QED) is 0.203. The van der Waals surface area contributed by atoms with Crippen molar-refractivity contribution in [1.82, 2.24) is 15.5 Å². The molecule has 12 nitrogen and oxygen atoms in total. The lowest BCUT2D eigenvalue weighted by atomic mass is 10.0. The first kappa shape index (κ1) is 26.3. The molecular weight excluding hydrogens is 410 g/mol. The van der Waals surface area contributed by atoms with Gasteiger partial charge in [-0.2, -0.15) is 0 Å². The number of hydrogen-bond acceptors (Lipinski definition) is 7. The molecule has 31 heavy (non-hydrogen) atoms. The van der Waals surface area contributed by atoms with Crippen LogP contribution in [0.5, 0.6) is 0 Å². The standard InChI is InChI=1S/C19H33N5O7/c1-9(2)7-11(20)18(29)24-6-4-5-13(24)16(27)23-15(10(3)25)17(28)22-12(19(30)31)8-14(21)26/h9-13,15,25H,4-8,20H2,1-3H3,(H2,21,26)(H,22,28)(H,23,27)(H,30,31). The molecule has 1 heterocycles. The largest absolute Gasteiger partial charge is 0.480 e. The zero-order valence-corrected chi connectivity index (χ0v) is 18.0. The third kappa shape index (κ3) is 7.79. The summed E-state index contributed by atoms with van der Waals surface area (Å²) in [6.07, 6.45) is -0.636. The van der Waals surface area contributed by atoms with Crippen LogP contribution in [0, 0.1) is 5.92 Å². The van der Waals surface area contributed by atoms with Gasteiger partial charge in [-0.05, 0) is 32.1 Å². The Morgan fingerprint density at radius 1 is 1.13 bits per heavy atom. The van der Waals surface area contributed by atoms with E-state index in [9.17, 15) is 29.1 Å². The number of aliphatic carboxylic acids is 1. The number of likely N-dealkylation sites (tertiary alicyclic amines) is 1. The summed E-state index contributed by atoms with van der Waals surface area (Å²) in [5.41, 5.74) is 10.9. The molecule has 176 valence electrons. The molecule has 1 saturated heterocycles. The van der Waals surface area contributed by atoms with Gasteiger partial charge in [0.15, 0.2) is 0 Å². The molecule has 4 amide bonds. The lowest BCUT2D eigenvalue weighted by Gasteiger charge is -2.29. The Balaban J connectivity index is 2.88. The van der Waals surface area contributed by atoms with Crippen molar-refractivity contribution in [3.05, 3.63) is 0 Å². The zero-order valence-electron chi connectivity index (χ0n) is 18.0. The van der Waals surface area contributed by atoms with E-state index in [1.54, 1.807) is 0 Å². The number of nitrogens with two attached hydrogens (primary N) is 2. The van der Waals surface area contributed by atoms with Crippen LogP contribution in [0.3, 0.4) is 0 Å². The van der Waals surface area contributed by atoms with Gasteiger partial charge in [-0.25, -0.2) is 4.79 Å². The Labute approximate surface area is 180 Å². The van der Waals surface area contributed by atoms with E-state index in [1.165, 1.54) is 11.8 Å².